The highest BCUT2D eigenvalue weighted by atomic mass is 16.5. The molecule has 27 heavy (non-hydrogen) atoms. The van der Waals surface area contributed by atoms with E-state index in [2.05, 4.69) is 4.90 Å². The third-order valence-corrected chi connectivity index (χ3v) is 5.70. The average Bonchev–Trinajstić information content (AvgIpc) is 3.38. The van der Waals surface area contributed by atoms with E-state index in [-0.39, 0.29) is 5.63 Å². The van der Waals surface area contributed by atoms with Crippen molar-refractivity contribution in [1.82, 2.24) is 4.90 Å². The van der Waals surface area contributed by atoms with Crippen molar-refractivity contribution in [2.75, 3.05) is 13.3 Å². The van der Waals surface area contributed by atoms with Gasteiger partial charge in [0.1, 0.15) is 29.0 Å². The van der Waals surface area contributed by atoms with Gasteiger partial charge < -0.3 is 13.6 Å². The number of ether oxygens (including phenoxy) is 1. The van der Waals surface area contributed by atoms with Gasteiger partial charge in [-0.05, 0) is 49.9 Å². The number of hydrogen-bond donors (Lipinski definition) is 0. The molecule has 136 valence electrons. The van der Waals surface area contributed by atoms with Gasteiger partial charge in [0.15, 0.2) is 5.58 Å². The number of nitrogens with zero attached hydrogens (tertiary/aromatic N) is 1. The minimum absolute atomic E-state index is 0.354. The van der Waals surface area contributed by atoms with Gasteiger partial charge >= 0.3 is 5.63 Å². The van der Waals surface area contributed by atoms with Crippen LogP contribution < -0.4 is 10.4 Å². The highest BCUT2D eigenvalue weighted by Crippen LogP contribution is 2.40. The van der Waals surface area contributed by atoms with Crippen molar-refractivity contribution in [3.63, 3.8) is 0 Å². The Balaban J connectivity index is 1.65. The molecule has 2 aliphatic rings. The van der Waals surface area contributed by atoms with Crippen molar-refractivity contribution < 1.29 is 13.6 Å². The van der Waals surface area contributed by atoms with Crippen molar-refractivity contribution in [2.45, 2.75) is 26.3 Å². The van der Waals surface area contributed by atoms with Crippen LogP contribution in [-0.2, 0) is 6.54 Å². The first-order valence-corrected chi connectivity index (χ1v) is 9.44. The summed E-state index contributed by atoms with van der Waals surface area (Å²) < 4.78 is 17.8. The molecule has 1 aliphatic heterocycles. The zero-order valence-corrected chi connectivity index (χ0v) is 15.1. The van der Waals surface area contributed by atoms with E-state index in [1.165, 1.54) is 12.8 Å². The molecule has 6 rings (SSSR count). The van der Waals surface area contributed by atoms with E-state index in [0.717, 1.165) is 46.7 Å². The maximum absolute atomic E-state index is 12.8. The maximum Gasteiger partial charge on any atom is 0.348 e. The molecule has 5 nitrogen and oxygen atoms in total. The summed E-state index contributed by atoms with van der Waals surface area (Å²) in [5.41, 5.74) is 3.64. The van der Waals surface area contributed by atoms with Gasteiger partial charge in [0.25, 0.3) is 0 Å². The maximum atomic E-state index is 12.8. The summed E-state index contributed by atoms with van der Waals surface area (Å²) >= 11 is 0. The normalized spacial score (nSPS) is 17.5. The van der Waals surface area contributed by atoms with E-state index in [1.54, 1.807) is 0 Å². The summed E-state index contributed by atoms with van der Waals surface area (Å²) in [5, 5.41) is 2.19. The minimum Gasteiger partial charge on any atom is -0.478 e. The first-order valence-electron chi connectivity index (χ1n) is 9.44. The lowest BCUT2D eigenvalue weighted by Crippen LogP contribution is -2.33. The van der Waals surface area contributed by atoms with Gasteiger partial charge in [0, 0.05) is 24.0 Å². The number of aryl methyl sites for hydroxylation is 1. The number of benzene rings is 2. The monoisotopic (exact) mass is 361 g/mol. The second kappa shape index (κ2) is 5.36. The Hall–Kier alpha value is -2.79. The van der Waals surface area contributed by atoms with Crippen molar-refractivity contribution in [2.24, 2.45) is 5.92 Å². The van der Waals surface area contributed by atoms with Crippen LogP contribution in [0.25, 0.3) is 32.9 Å². The molecular weight excluding hydrogens is 342 g/mol. The number of furan rings is 1. The third-order valence-electron chi connectivity index (χ3n) is 5.70. The molecule has 0 unspecified atom stereocenters. The van der Waals surface area contributed by atoms with Crippen LogP contribution in [0.2, 0.25) is 0 Å². The van der Waals surface area contributed by atoms with Gasteiger partial charge in [-0.2, -0.15) is 0 Å². The smallest absolute Gasteiger partial charge is 0.348 e. The Morgan fingerprint density at radius 2 is 1.93 bits per heavy atom. The molecule has 1 saturated carbocycles. The van der Waals surface area contributed by atoms with E-state index in [0.29, 0.717) is 28.9 Å². The lowest BCUT2D eigenvalue weighted by molar-refractivity contribution is 0.0919. The fourth-order valence-corrected chi connectivity index (χ4v) is 4.19. The van der Waals surface area contributed by atoms with E-state index < -0.39 is 0 Å². The Kier molecular flexibility index (Phi) is 3.04. The Morgan fingerprint density at radius 1 is 1.07 bits per heavy atom. The van der Waals surface area contributed by atoms with Gasteiger partial charge in [-0.15, -0.1) is 0 Å². The molecule has 5 heteroatoms. The zero-order chi connectivity index (χ0) is 18.1. The fraction of sp³-hybridized carbons (Fsp3) is 0.318. The first kappa shape index (κ1) is 15.3. The lowest BCUT2D eigenvalue weighted by atomic mass is 10.0. The van der Waals surface area contributed by atoms with E-state index >= 15 is 0 Å². The van der Waals surface area contributed by atoms with Gasteiger partial charge in [-0.3, -0.25) is 4.90 Å². The van der Waals surface area contributed by atoms with Crippen LogP contribution in [0.1, 0.15) is 24.0 Å². The molecule has 2 aromatic heterocycles. The zero-order valence-electron chi connectivity index (χ0n) is 15.1. The van der Waals surface area contributed by atoms with Crippen LogP contribution in [0.4, 0.5) is 0 Å². The van der Waals surface area contributed by atoms with Crippen LogP contribution in [0.15, 0.2) is 44.0 Å². The van der Waals surface area contributed by atoms with Crippen molar-refractivity contribution in [3.8, 4) is 5.75 Å². The van der Waals surface area contributed by atoms with Gasteiger partial charge in [-0.1, -0.05) is 11.6 Å². The van der Waals surface area contributed by atoms with Gasteiger partial charge in [0.05, 0.1) is 5.39 Å². The summed E-state index contributed by atoms with van der Waals surface area (Å²) in [4.78, 5) is 15.1. The summed E-state index contributed by atoms with van der Waals surface area (Å²) in [6, 6.07) is 9.61. The minimum atomic E-state index is -0.354. The second-order valence-electron chi connectivity index (χ2n) is 7.84. The molecule has 0 spiro atoms. The standard InChI is InChI=1S/C22H19NO4/c1-12-2-5-17-14(8-12)21-20(22(24)27-17)19-15-10-23(9-13-3-4-13)11-25-16(15)6-7-18(19)26-21/h2,5-8,13H,3-4,9-11H2,1H3. The molecule has 2 aromatic carbocycles. The lowest BCUT2D eigenvalue weighted by Gasteiger charge is -2.29. The van der Waals surface area contributed by atoms with E-state index in [4.69, 9.17) is 13.6 Å². The Morgan fingerprint density at radius 3 is 2.78 bits per heavy atom. The quantitative estimate of drug-likeness (QED) is 0.490. The molecule has 1 aliphatic carbocycles. The predicted molar refractivity (Wildman–Crippen MR) is 103 cm³/mol. The number of hydrogen-bond acceptors (Lipinski definition) is 5. The fourth-order valence-electron chi connectivity index (χ4n) is 4.19. The summed E-state index contributed by atoms with van der Waals surface area (Å²) in [6.07, 6.45) is 2.61. The van der Waals surface area contributed by atoms with Gasteiger partial charge in [-0.25, -0.2) is 4.79 Å². The first-order chi connectivity index (χ1) is 13.2. The average molecular weight is 361 g/mol. The molecule has 0 bridgehead atoms. The van der Waals surface area contributed by atoms with E-state index in [9.17, 15) is 4.79 Å². The van der Waals surface area contributed by atoms with Gasteiger partial charge in [0.2, 0.25) is 0 Å². The Labute approximate surface area is 155 Å². The summed E-state index contributed by atoms with van der Waals surface area (Å²) in [5.74, 6) is 1.62. The highest BCUT2D eigenvalue weighted by molar-refractivity contribution is 6.14. The molecule has 0 N–H and O–H groups in total. The SMILES string of the molecule is Cc1ccc2oc(=O)c3c(oc4ccc5c(c43)CN(CC3CC3)CO5)c2c1. The van der Waals surface area contributed by atoms with Crippen molar-refractivity contribution >= 4 is 32.9 Å². The largest absolute Gasteiger partial charge is 0.478 e. The third kappa shape index (κ3) is 2.31. The topological polar surface area (TPSA) is 55.8 Å². The number of rotatable bonds is 2. The summed E-state index contributed by atoms with van der Waals surface area (Å²) in [6.45, 7) is 4.43. The van der Waals surface area contributed by atoms with E-state index in [1.807, 2.05) is 37.3 Å². The van der Waals surface area contributed by atoms with Crippen LogP contribution in [0, 0.1) is 12.8 Å². The van der Waals surface area contributed by atoms with Crippen molar-refractivity contribution in [3.05, 3.63) is 51.9 Å². The molecule has 0 radical (unpaired) electrons. The van der Waals surface area contributed by atoms with Crippen molar-refractivity contribution in [1.29, 1.82) is 0 Å². The molecule has 4 aromatic rings. The molecule has 3 heterocycles. The van der Waals surface area contributed by atoms with Crippen LogP contribution >= 0.6 is 0 Å². The molecule has 0 amide bonds. The van der Waals surface area contributed by atoms with Crippen LogP contribution in [0.5, 0.6) is 5.75 Å². The highest BCUT2D eigenvalue weighted by Gasteiger charge is 2.29. The molecule has 0 saturated heterocycles. The second-order valence-corrected chi connectivity index (χ2v) is 7.84. The van der Waals surface area contributed by atoms with Crippen LogP contribution in [-0.4, -0.2) is 18.2 Å². The Bertz CT molecular complexity index is 1280. The summed E-state index contributed by atoms with van der Waals surface area (Å²) in [7, 11) is 0. The van der Waals surface area contributed by atoms with Crippen LogP contribution in [0.3, 0.4) is 0 Å². The predicted octanol–water partition coefficient (Wildman–Crippen LogP) is 4.56. The molecule has 1 fully saturated rings. The number of fused-ring (bicyclic) bond motifs is 7. The molecule has 0 atom stereocenters. The molecular formula is C22H19NO4.